The molecule has 16 N–H and O–H groups in total. The highest BCUT2D eigenvalue weighted by molar-refractivity contribution is 7.99. The first-order valence-electron chi connectivity index (χ1n) is 20.1. The molecule has 344 valence electrons. The Bertz CT molecular complexity index is 1620. The normalized spacial score (nSPS) is 25.6. The van der Waals surface area contributed by atoms with E-state index >= 15 is 0 Å². The molecule has 0 saturated carbocycles. The summed E-state index contributed by atoms with van der Waals surface area (Å²) in [5.41, 5.74) is 21.2. The van der Waals surface area contributed by atoms with Crippen molar-refractivity contribution in [2.75, 3.05) is 32.0 Å². The number of carboxylic acids is 1. The molecule has 0 aromatic rings. The minimum absolute atomic E-state index is 0.0146. The van der Waals surface area contributed by atoms with Crippen molar-refractivity contribution in [1.82, 2.24) is 31.1 Å². The summed E-state index contributed by atoms with van der Waals surface area (Å²) in [6.45, 7) is 2.48. The van der Waals surface area contributed by atoms with Crippen LogP contribution in [0.5, 0.6) is 0 Å². The number of carboxylic acid groups (broad SMARTS) is 1. The predicted molar refractivity (Wildman–Crippen MR) is 217 cm³/mol. The summed E-state index contributed by atoms with van der Waals surface area (Å²) in [6, 6.07) is -8.45. The summed E-state index contributed by atoms with van der Waals surface area (Å²) < 4.78 is 5.76. The summed E-state index contributed by atoms with van der Waals surface area (Å²) in [4.78, 5) is 111. The molecule has 0 aromatic heterocycles. The summed E-state index contributed by atoms with van der Waals surface area (Å²) in [5, 5.41) is 50.6. The third-order valence-electron chi connectivity index (χ3n) is 10.5. The summed E-state index contributed by atoms with van der Waals surface area (Å²) >= 11 is 1.06. The molecule has 0 bridgehead atoms. The Morgan fingerprint density at radius 2 is 1.43 bits per heavy atom. The van der Waals surface area contributed by atoms with Crippen LogP contribution in [0.3, 0.4) is 0 Å². The maximum Gasteiger partial charge on any atom is 0.305 e. The first kappa shape index (κ1) is 50.5. The summed E-state index contributed by atoms with van der Waals surface area (Å²) in [6.07, 6.45) is -3.54. The fraction of sp³-hybridized carbons (Fsp3) is 0.750. The molecule has 11 atom stereocenters. The van der Waals surface area contributed by atoms with Crippen molar-refractivity contribution in [2.24, 2.45) is 27.9 Å². The van der Waals surface area contributed by atoms with Crippen LogP contribution in [0.2, 0.25) is 0 Å². The van der Waals surface area contributed by atoms with Crippen LogP contribution in [-0.2, 0) is 43.1 Å². The zero-order chi connectivity index (χ0) is 45.6. The van der Waals surface area contributed by atoms with Gasteiger partial charge in [0.2, 0.25) is 41.4 Å². The Kier molecular flexibility index (Phi) is 19.9. The number of aliphatic hydroxyl groups is 3. The van der Waals surface area contributed by atoms with Gasteiger partial charge >= 0.3 is 5.97 Å². The van der Waals surface area contributed by atoms with Crippen LogP contribution in [0.25, 0.3) is 0 Å². The van der Waals surface area contributed by atoms with E-state index in [1.807, 2.05) is 0 Å². The van der Waals surface area contributed by atoms with Gasteiger partial charge in [-0.25, -0.2) is 0 Å². The van der Waals surface area contributed by atoms with Gasteiger partial charge in [-0.2, -0.15) is 0 Å². The molecule has 3 heterocycles. The predicted octanol–water partition coefficient (Wildman–Crippen LogP) is -5.76. The van der Waals surface area contributed by atoms with Crippen LogP contribution < -0.4 is 44.2 Å². The van der Waals surface area contributed by atoms with Crippen LogP contribution in [0.1, 0.15) is 71.6 Å². The second-order valence-electron chi connectivity index (χ2n) is 15.2. The summed E-state index contributed by atoms with van der Waals surface area (Å²) in [7, 11) is 0. The molecule has 3 fully saturated rings. The second-order valence-corrected chi connectivity index (χ2v) is 16.5. The Morgan fingerprint density at radius 3 is 2.00 bits per heavy atom. The van der Waals surface area contributed by atoms with Crippen molar-refractivity contribution in [1.29, 1.82) is 0 Å². The molecule has 0 aliphatic carbocycles. The molecule has 3 saturated heterocycles. The van der Waals surface area contributed by atoms with E-state index in [9.17, 15) is 58.8 Å². The number of hydrogen-bond donors (Lipinski definition) is 12. The third-order valence-corrected chi connectivity index (χ3v) is 11.7. The SMILES string of the molecule is CC(=O)N[C@@H]1[C@@H](O)[C@@H](O)[C@@H](CO)O[C@@H]1SCCC[C@H](NC(=O)[C@H](CC(=O)O)NC(=O)[C@@H]1CCCN1C(=O)[C@H](C)N)C(=O)N[C@@H](CCCN=C(N)N)C(=O)N1CCC[C@H]1C(N)=O. The van der Waals surface area contributed by atoms with Gasteiger partial charge in [-0.15, -0.1) is 11.8 Å². The van der Waals surface area contributed by atoms with E-state index in [1.165, 1.54) is 23.6 Å². The molecule has 3 aliphatic heterocycles. The topological polar surface area (TPSA) is 398 Å². The van der Waals surface area contributed by atoms with Crippen molar-refractivity contribution >= 4 is 65.0 Å². The van der Waals surface area contributed by atoms with Crippen LogP contribution in [-0.4, -0.2) is 182 Å². The minimum atomic E-state index is -1.72. The number of carbonyl (C=O) groups excluding carboxylic acids is 7. The van der Waals surface area contributed by atoms with Crippen molar-refractivity contribution < 1.29 is 63.5 Å². The first-order chi connectivity index (χ1) is 28.8. The molecule has 25 heteroatoms. The summed E-state index contributed by atoms with van der Waals surface area (Å²) in [5.74, 6) is -6.70. The molecule has 0 unspecified atom stereocenters. The first-order valence-corrected chi connectivity index (χ1v) is 21.2. The Balaban J connectivity index is 1.89. The zero-order valence-corrected chi connectivity index (χ0v) is 35.1. The van der Waals surface area contributed by atoms with E-state index in [1.54, 1.807) is 0 Å². The number of hydrogen-bond acceptors (Lipinski definition) is 15. The number of nitrogens with zero attached hydrogens (tertiary/aromatic N) is 3. The van der Waals surface area contributed by atoms with Gasteiger partial charge in [0.05, 0.1) is 25.1 Å². The van der Waals surface area contributed by atoms with E-state index < -0.39 is 126 Å². The quantitative estimate of drug-likeness (QED) is 0.0274. The number of nitrogens with one attached hydrogen (secondary N) is 4. The zero-order valence-electron chi connectivity index (χ0n) is 34.3. The number of ether oxygens (including phenoxy) is 1. The van der Waals surface area contributed by atoms with Crippen molar-refractivity contribution in [3.8, 4) is 0 Å². The smallest absolute Gasteiger partial charge is 0.305 e. The minimum Gasteiger partial charge on any atom is -0.481 e. The fourth-order valence-electron chi connectivity index (χ4n) is 7.42. The average Bonchev–Trinajstić information content (AvgIpc) is 3.89. The van der Waals surface area contributed by atoms with Gasteiger partial charge in [-0.1, -0.05) is 0 Å². The van der Waals surface area contributed by atoms with Gasteiger partial charge < -0.3 is 79.2 Å². The lowest BCUT2D eigenvalue weighted by molar-refractivity contribution is -0.173. The molecule has 3 rings (SSSR count). The van der Waals surface area contributed by atoms with Gasteiger partial charge in [0, 0.05) is 26.6 Å². The Hall–Kier alpha value is -4.82. The molecular formula is C36H61N11O13S. The number of nitrogens with two attached hydrogens (primary N) is 4. The number of guanidine groups is 1. The third kappa shape index (κ3) is 14.7. The van der Waals surface area contributed by atoms with Crippen molar-refractivity contribution in [2.45, 2.75) is 138 Å². The molecular weight excluding hydrogens is 827 g/mol. The van der Waals surface area contributed by atoms with Gasteiger partial charge in [0.1, 0.15) is 54.0 Å². The van der Waals surface area contributed by atoms with Crippen molar-refractivity contribution in [3.63, 3.8) is 0 Å². The highest BCUT2D eigenvalue weighted by Gasteiger charge is 2.45. The van der Waals surface area contributed by atoms with Gasteiger partial charge in [-0.3, -0.25) is 43.3 Å². The van der Waals surface area contributed by atoms with Gasteiger partial charge in [0.25, 0.3) is 0 Å². The van der Waals surface area contributed by atoms with Crippen molar-refractivity contribution in [3.05, 3.63) is 0 Å². The lowest BCUT2D eigenvalue weighted by Crippen LogP contribution is -2.63. The number of rotatable bonds is 22. The number of aliphatic imine (C=N–C) groups is 1. The molecule has 7 amide bonds. The highest BCUT2D eigenvalue weighted by Crippen LogP contribution is 2.29. The van der Waals surface area contributed by atoms with E-state index in [-0.39, 0.29) is 63.5 Å². The highest BCUT2D eigenvalue weighted by atomic mass is 32.2. The van der Waals surface area contributed by atoms with Gasteiger partial charge in [0.15, 0.2) is 5.96 Å². The number of aliphatic carboxylic acids is 1. The number of amides is 7. The molecule has 24 nitrogen and oxygen atoms in total. The maximum absolute atomic E-state index is 14.2. The lowest BCUT2D eigenvalue weighted by Gasteiger charge is -2.42. The number of primary amides is 1. The Morgan fingerprint density at radius 1 is 0.836 bits per heavy atom. The Labute approximate surface area is 356 Å². The van der Waals surface area contributed by atoms with Crippen LogP contribution in [0.15, 0.2) is 4.99 Å². The monoisotopic (exact) mass is 887 g/mol. The largest absolute Gasteiger partial charge is 0.481 e. The average molecular weight is 888 g/mol. The van der Waals surface area contributed by atoms with E-state index in [0.717, 1.165) is 11.8 Å². The fourth-order valence-corrected chi connectivity index (χ4v) is 8.64. The molecule has 0 aromatic carbocycles. The second kappa shape index (κ2) is 24.0. The molecule has 0 spiro atoms. The standard InChI is InChI=1S/C36H61N11O13S/c1-17(37)33(58)47-13-5-10-23(47)32(57)45-21(15-25(50)51)31(56)43-19(8-6-14-61-35-26(42-18(2)49)28(53)27(52)24(16-48)60-35)30(55)44-20(7-3-11-41-36(39)40)34(59)46-12-4-9-22(46)29(38)54/h17,19-24,26-28,35,48,52-53H,3-16,37H2,1-2H3,(H2,38,54)(H,42,49)(H,43,56)(H,44,55)(H,45,57)(H,50,51)(H4,39,40,41)/t17-,19-,20-,21-,22-,23-,24+,26+,27-,28+,35+/m0/s1. The number of carbonyl (C=O) groups is 8. The number of thioether (sulfide) groups is 1. The lowest BCUT2D eigenvalue weighted by atomic mass is 9.98. The van der Waals surface area contributed by atoms with E-state index in [0.29, 0.717) is 19.3 Å². The molecule has 3 aliphatic rings. The maximum atomic E-state index is 14.2. The molecule has 61 heavy (non-hydrogen) atoms. The van der Waals surface area contributed by atoms with E-state index in [4.69, 9.17) is 27.7 Å². The van der Waals surface area contributed by atoms with Crippen LogP contribution in [0.4, 0.5) is 0 Å². The van der Waals surface area contributed by atoms with Crippen LogP contribution in [0, 0.1) is 0 Å². The molecule has 0 radical (unpaired) electrons. The van der Waals surface area contributed by atoms with Crippen LogP contribution >= 0.6 is 11.8 Å². The van der Waals surface area contributed by atoms with Gasteiger partial charge in [-0.05, 0) is 64.0 Å². The van der Waals surface area contributed by atoms with E-state index in [2.05, 4.69) is 26.3 Å². The number of likely N-dealkylation sites (tertiary alicyclic amines) is 2. The number of aliphatic hydroxyl groups excluding tert-OH is 3.